The largest absolute Gasteiger partial charge is 0.494 e. The van der Waals surface area contributed by atoms with E-state index >= 15 is 0 Å². The van der Waals surface area contributed by atoms with Crippen molar-refractivity contribution in [3.8, 4) is 5.75 Å². The number of anilines is 1. The highest BCUT2D eigenvalue weighted by Crippen LogP contribution is 2.24. The maximum Gasteiger partial charge on any atom is 0.219 e. The van der Waals surface area contributed by atoms with E-state index in [0.29, 0.717) is 19.6 Å². The molecule has 1 aliphatic heterocycles. The predicted octanol–water partition coefficient (Wildman–Crippen LogP) is 3.92. The van der Waals surface area contributed by atoms with Gasteiger partial charge in [0, 0.05) is 51.4 Å². The van der Waals surface area contributed by atoms with Crippen LogP contribution in [0.5, 0.6) is 5.75 Å². The highest BCUT2D eigenvalue weighted by molar-refractivity contribution is 5.75. The van der Waals surface area contributed by atoms with Crippen LogP contribution in [0.3, 0.4) is 0 Å². The Morgan fingerprint density at radius 1 is 1.07 bits per heavy atom. The molecule has 1 heterocycles. The molecule has 0 aromatic heterocycles. The molecule has 0 spiro atoms. The number of hydrogen-bond acceptors (Lipinski definition) is 4. The van der Waals surface area contributed by atoms with Crippen molar-refractivity contribution >= 4 is 11.6 Å². The highest BCUT2D eigenvalue weighted by atomic mass is 16.5. The predicted molar refractivity (Wildman–Crippen MR) is 123 cm³/mol. The number of benzene rings is 2. The van der Waals surface area contributed by atoms with Crippen LogP contribution in [0.1, 0.15) is 36.5 Å². The van der Waals surface area contributed by atoms with E-state index in [1.807, 2.05) is 13.0 Å². The molecule has 1 N–H and O–H groups in total. The van der Waals surface area contributed by atoms with Crippen molar-refractivity contribution in [2.75, 3.05) is 44.2 Å². The second kappa shape index (κ2) is 11.0. The number of aryl methyl sites for hydroxylation is 1. The maximum absolute atomic E-state index is 11.3. The lowest BCUT2D eigenvalue weighted by atomic mass is 10.1. The average Bonchev–Trinajstić information content (AvgIpc) is 2.76. The van der Waals surface area contributed by atoms with E-state index in [1.54, 1.807) is 0 Å². The molecule has 30 heavy (non-hydrogen) atoms. The van der Waals surface area contributed by atoms with E-state index in [0.717, 1.165) is 44.9 Å². The lowest BCUT2D eigenvalue weighted by Gasteiger charge is -2.37. The fourth-order valence-electron chi connectivity index (χ4n) is 3.83. The molecule has 1 aliphatic rings. The first-order chi connectivity index (χ1) is 14.6. The average molecular weight is 410 g/mol. The monoisotopic (exact) mass is 409 g/mol. The van der Waals surface area contributed by atoms with Crippen LogP contribution >= 0.6 is 0 Å². The number of carbonyl (C=O) groups excluding carboxylic acids is 1. The number of amides is 1. The fraction of sp³-hybridized carbons (Fsp3) is 0.480. The van der Waals surface area contributed by atoms with Crippen LogP contribution < -0.4 is 15.0 Å². The second-order valence-electron chi connectivity index (χ2n) is 8.04. The molecule has 162 valence electrons. The number of piperazine rings is 1. The Labute approximate surface area is 181 Å². The van der Waals surface area contributed by atoms with E-state index in [9.17, 15) is 4.79 Å². The fourth-order valence-corrected chi connectivity index (χ4v) is 3.83. The molecular weight excluding hydrogens is 374 g/mol. The summed E-state index contributed by atoms with van der Waals surface area (Å²) in [5.41, 5.74) is 5.41. The third kappa shape index (κ3) is 6.23. The number of ether oxygens (including phenoxy) is 1. The number of rotatable bonds is 9. The van der Waals surface area contributed by atoms with Gasteiger partial charge in [-0.25, -0.2) is 0 Å². The Balaban J connectivity index is 1.44. The van der Waals surface area contributed by atoms with Crippen LogP contribution in [-0.4, -0.2) is 50.1 Å². The summed E-state index contributed by atoms with van der Waals surface area (Å²) in [6.07, 6.45) is 1.35. The van der Waals surface area contributed by atoms with E-state index < -0.39 is 0 Å². The minimum absolute atomic E-state index is 0.0923. The Bertz CT molecular complexity index is 829. The molecular formula is C25H35N3O2. The van der Waals surface area contributed by atoms with Gasteiger partial charge in [-0.2, -0.15) is 0 Å². The minimum atomic E-state index is 0.0923. The van der Waals surface area contributed by atoms with E-state index in [4.69, 9.17) is 4.74 Å². The van der Waals surface area contributed by atoms with Gasteiger partial charge in [0.25, 0.3) is 0 Å². The molecule has 0 radical (unpaired) electrons. The summed E-state index contributed by atoms with van der Waals surface area (Å²) in [5.74, 6) is 0.998. The summed E-state index contributed by atoms with van der Waals surface area (Å²) in [5, 5.41) is 2.88. The first kappa shape index (κ1) is 22.2. The molecule has 0 atom stereocenters. The third-order valence-electron chi connectivity index (χ3n) is 5.83. The molecule has 0 aliphatic carbocycles. The van der Waals surface area contributed by atoms with Crippen molar-refractivity contribution in [1.29, 1.82) is 0 Å². The first-order valence-electron chi connectivity index (χ1n) is 11.1. The van der Waals surface area contributed by atoms with Gasteiger partial charge in [-0.1, -0.05) is 31.2 Å². The van der Waals surface area contributed by atoms with Crippen LogP contribution in [-0.2, 0) is 11.3 Å². The molecule has 2 aromatic carbocycles. The smallest absolute Gasteiger partial charge is 0.219 e. The van der Waals surface area contributed by atoms with Gasteiger partial charge in [-0.05, 0) is 55.2 Å². The number of nitrogens with zero attached hydrogens (tertiary/aromatic N) is 2. The summed E-state index contributed by atoms with van der Waals surface area (Å²) in [6, 6.07) is 15.0. The number of nitrogens with one attached hydrogen (secondary N) is 1. The van der Waals surface area contributed by atoms with Crippen molar-refractivity contribution < 1.29 is 9.53 Å². The van der Waals surface area contributed by atoms with Crippen LogP contribution in [0.25, 0.3) is 0 Å². The zero-order valence-corrected chi connectivity index (χ0v) is 18.6. The summed E-state index contributed by atoms with van der Waals surface area (Å²) in [6.45, 7) is 12.7. The number of hydrogen-bond donors (Lipinski definition) is 1. The standard InChI is InChI=1S/C25H35N3O2/c1-4-25(29)26-12-7-17-30-23-10-6-9-22(18-23)19-27-13-15-28(16-14-27)24-11-5-8-20(2)21(24)3/h5-6,8-11,18H,4,7,12-17,19H2,1-3H3,(H,26,29). The molecule has 2 aromatic rings. The van der Waals surface area contributed by atoms with Crippen LogP contribution in [0.2, 0.25) is 0 Å². The maximum atomic E-state index is 11.3. The number of carbonyl (C=O) groups is 1. The van der Waals surface area contributed by atoms with Crippen molar-refractivity contribution in [3.63, 3.8) is 0 Å². The van der Waals surface area contributed by atoms with Crippen LogP contribution in [0.4, 0.5) is 5.69 Å². The summed E-state index contributed by atoms with van der Waals surface area (Å²) < 4.78 is 5.87. The molecule has 1 fully saturated rings. The van der Waals surface area contributed by atoms with Crippen LogP contribution in [0, 0.1) is 13.8 Å². The molecule has 5 nitrogen and oxygen atoms in total. The van der Waals surface area contributed by atoms with Gasteiger partial charge in [0.05, 0.1) is 6.61 Å². The Hall–Kier alpha value is -2.53. The second-order valence-corrected chi connectivity index (χ2v) is 8.04. The lowest BCUT2D eigenvalue weighted by molar-refractivity contribution is -0.120. The van der Waals surface area contributed by atoms with Gasteiger partial charge in [-0.3, -0.25) is 9.69 Å². The quantitative estimate of drug-likeness (QED) is 0.638. The summed E-state index contributed by atoms with van der Waals surface area (Å²) in [7, 11) is 0. The Morgan fingerprint density at radius 2 is 1.83 bits per heavy atom. The van der Waals surface area contributed by atoms with E-state index in [-0.39, 0.29) is 5.91 Å². The van der Waals surface area contributed by atoms with E-state index in [1.165, 1.54) is 22.4 Å². The van der Waals surface area contributed by atoms with Gasteiger partial charge in [0.15, 0.2) is 0 Å². The molecule has 0 bridgehead atoms. The first-order valence-corrected chi connectivity index (χ1v) is 11.1. The molecule has 1 saturated heterocycles. The van der Waals surface area contributed by atoms with Crippen LogP contribution in [0.15, 0.2) is 42.5 Å². The van der Waals surface area contributed by atoms with Crippen molar-refractivity contribution in [2.24, 2.45) is 0 Å². The lowest BCUT2D eigenvalue weighted by Crippen LogP contribution is -2.46. The normalized spacial score (nSPS) is 14.6. The third-order valence-corrected chi connectivity index (χ3v) is 5.83. The molecule has 1 amide bonds. The minimum Gasteiger partial charge on any atom is -0.494 e. The summed E-state index contributed by atoms with van der Waals surface area (Å²) >= 11 is 0. The van der Waals surface area contributed by atoms with E-state index in [2.05, 4.69) is 65.4 Å². The molecule has 0 saturated carbocycles. The van der Waals surface area contributed by atoms with Gasteiger partial charge < -0.3 is 15.0 Å². The highest BCUT2D eigenvalue weighted by Gasteiger charge is 2.19. The van der Waals surface area contributed by atoms with Gasteiger partial charge in [0.1, 0.15) is 5.75 Å². The molecule has 5 heteroatoms. The zero-order chi connectivity index (χ0) is 21.3. The summed E-state index contributed by atoms with van der Waals surface area (Å²) in [4.78, 5) is 16.3. The zero-order valence-electron chi connectivity index (χ0n) is 18.6. The SMILES string of the molecule is CCC(=O)NCCCOc1cccc(CN2CCN(c3cccc(C)c3C)CC2)c1. The molecule has 0 unspecified atom stereocenters. The van der Waals surface area contributed by atoms with Crippen molar-refractivity contribution in [1.82, 2.24) is 10.2 Å². The van der Waals surface area contributed by atoms with Crippen molar-refractivity contribution in [3.05, 3.63) is 59.2 Å². The Kier molecular flexibility index (Phi) is 8.14. The van der Waals surface area contributed by atoms with Crippen molar-refractivity contribution in [2.45, 2.75) is 40.2 Å². The Morgan fingerprint density at radius 3 is 2.60 bits per heavy atom. The van der Waals surface area contributed by atoms with Gasteiger partial charge >= 0.3 is 0 Å². The topological polar surface area (TPSA) is 44.8 Å². The van der Waals surface area contributed by atoms with Gasteiger partial charge in [-0.15, -0.1) is 0 Å². The molecule has 3 rings (SSSR count). The van der Waals surface area contributed by atoms with Gasteiger partial charge in [0.2, 0.25) is 5.91 Å².